The van der Waals surface area contributed by atoms with Crippen LogP contribution in [0.15, 0.2) is 18.2 Å². The van der Waals surface area contributed by atoms with Crippen LogP contribution in [-0.2, 0) is 11.2 Å². The average Bonchev–Trinajstić information content (AvgIpc) is 2.27. The lowest BCUT2D eigenvalue weighted by Gasteiger charge is -2.08. The van der Waals surface area contributed by atoms with Crippen LogP contribution >= 0.6 is 0 Å². The molecule has 1 aromatic carbocycles. The Balaban J connectivity index is 2.22. The van der Waals surface area contributed by atoms with Crippen molar-refractivity contribution in [2.75, 3.05) is 13.1 Å². The summed E-state index contributed by atoms with van der Waals surface area (Å²) >= 11 is 0. The van der Waals surface area contributed by atoms with Crippen LogP contribution in [0.5, 0.6) is 0 Å². The molecule has 94 valence electrons. The largest absolute Gasteiger partial charge is 0.481 e. The predicted molar refractivity (Wildman–Crippen MR) is 69.4 cm³/mol. The standard InChI is InChI=1S/C14H21NO2/c1-11-5-6-12(2)13(10-11)7-9-15-8-3-4-14(16)17/h5-6,10,15H,3-4,7-9H2,1-2H3,(H,16,17). The number of rotatable bonds is 7. The molecule has 0 unspecified atom stereocenters. The lowest BCUT2D eigenvalue weighted by molar-refractivity contribution is -0.137. The maximum Gasteiger partial charge on any atom is 0.303 e. The number of aliphatic carboxylic acids is 1. The Hall–Kier alpha value is -1.35. The summed E-state index contributed by atoms with van der Waals surface area (Å²) < 4.78 is 0. The minimum atomic E-state index is -0.721. The minimum Gasteiger partial charge on any atom is -0.481 e. The molecule has 3 heteroatoms. The third kappa shape index (κ3) is 5.50. The second-order valence-electron chi connectivity index (χ2n) is 4.43. The molecule has 0 amide bonds. The lowest BCUT2D eigenvalue weighted by Crippen LogP contribution is -2.19. The number of hydrogen-bond acceptors (Lipinski definition) is 2. The highest BCUT2D eigenvalue weighted by Crippen LogP contribution is 2.10. The summed E-state index contributed by atoms with van der Waals surface area (Å²) in [4.78, 5) is 10.3. The van der Waals surface area contributed by atoms with Crippen LogP contribution in [0.25, 0.3) is 0 Å². The first kappa shape index (κ1) is 13.7. The first-order valence-electron chi connectivity index (χ1n) is 6.08. The monoisotopic (exact) mass is 235 g/mol. The quantitative estimate of drug-likeness (QED) is 0.713. The Bertz CT molecular complexity index is 374. The summed E-state index contributed by atoms with van der Waals surface area (Å²) in [5, 5.41) is 11.8. The van der Waals surface area contributed by atoms with E-state index in [9.17, 15) is 4.79 Å². The molecule has 0 heterocycles. The summed E-state index contributed by atoms with van der Waals surface area (Å²) in [5.41, 5.74) is 3.98. The number of benzene rings is 1. The van der Waals surface area contributed by atoms with Gasteiger partial charge in [-0.1, -0.05) is 23.8 Å². The van der Waals surface area contributed by atoms with Crippen molar-refractivity contribution in [3.8, 4) is 0 Å². The Labute approximate surface area is 103 Å². The minimum absolute atomic E-state index is 0.247. The number of carbonyl (C=O) groups is 1. The van der Waals surface area contributed by atoms with Crippen molar-refractivity contribution < 1.29 is 9.90 Å². The van der Waals surface area contributed by atoms with Crippen molar-refractivity contribution >= 4 is 5.97 Å². The van der Waals surface area contributed by atoms with E-state index in [-0.39, 0.29) is 6.42 Å². The van der Waals surface area contributed by atoms with E-state index in [1.54, 1.807) is 0 Å². The van der Waals surface area contributed by atoms with Crippen LogP contribution in [0.2, 0.25) is 0 Å². The summed E-state index contributed by atoms with van der Waals surface area (Å²) in [5.74, 6) is -0.721. The number of carboxylic acid groups (broad SMARTS) is 1. The van der Waals surface area contributed by atoms with Crippen molar-refractivity contribution in [2.45, 2.75) is 33.1 Å². The van der Waals surface area contributed by atoms with E-state index in [4.69, 9.17) is 5.11 Å². The molecule has 1 rings (SSSR count). The summed E-state index contributed by atoms with van der Waals surface area (Å²) in [6.45, 7) is 5.91. The van der Waals surface area contributed by atoms with Crippen LogP contribution in [-0.4, -0.2) is 24.2 Å². The molecule has 2 N–H and O–H groups in total. The van der Waals surface area contributed by atoms with E-state index in [0.29, 0.717) is 6.42 Å². The van der Waals surface area contributed by atoms with E-state index in [0.717, 1.165) is 19.5 Å². The molecule has 0 fully saturated rings. The van der Waals surface area contributed by atoms with Crippen LogP contribution in [0.4, 0.5) is 0 Å². The van der Waals surface area contributed by atoms with Gasteiger partial charge in [-0.05, 0) is 50.9 Å². The summed E-state index contributed by atoms with van der Waals surface area (Å²) in [6, 6.07) is 6.49. The predicted octanol–water partition coefficient (Wildman–Crippen LogP) is 2.30. The van der Waals surface area contributed by atoms with Gasteiger partial charge in [0.05, 0.1) is 0 Å². The third-order valence-corrected chi connectivity index (χ3v) is 2.82. The molecule has 0 aliphatic rings. The van der Waals surface area contributed by atoms with Crippen molar-refractivity contribution in [1.29, 1.82) is 0 Å². The molecule has 0 saturated carbocycles. The maximum absolute atomic E-state index is 10.3. The molecule has 0 saturated heterocycles. The molecule has 0 aliphatic carbocycles. The van der Waals surface area contributed by atoms with Crippen LogP contribution in [0.1, 0.15) is 29.5 Å². The van der Waals surface area contributed by atoms with E-state index >= 15 is 0 Å². The smallest absolute Gasteiger partial charge is 0.303 e. The topological polar surface area (TPSA) is 49.3 Å². The molecule has 1 aromatic rings. The van der Waals surface area contributed by atoms with Gasteiger partial charge in [-0.25, -0.2) is 0 Å². The van der Waals surface area contributed by atoms with Gasteiger partial charge < -0.3 is 10.4 Å². The lowest BCUT2D eigenvalue weighted by atomic mass is 10.0. The normalized spacial score (nSPS) is 10.5. The van der Waals surface area contributed by atoms with Gasteiger partial charge in [0.15, 0.2) is 0 Å². The van der Waals surface area contributed by atoms with Gasteiger partial charge in [-0.3, -0.25) is 4.79 Å². The van der Waals surface area contributed by atoms with Crippen molar-refractivity contribution in [2.24, 2.45) is 0 Å². The van der Waals surface area contributed by atoms with Crippen LogP contribution < -0.4 is 5.32 Å². The fourth-order valence-electron chi connectivity index (χ4n) is 1.78. The van der Waals surface area contributed by atoms with Crippen molar-refractivity contribution in [1.82, 2.24) is 5.32 Å². The van der Waals surface area contributed by atoms with Gasteiger partial charge >= 0.3 is 5.97 Å². The molecule has 17 heavy (non-hydrogen) atoms. The SMILES string of the molecule is Cc1ccc(C)c(CCNCCCC(=O)O)c1. The second-order valence-corrected chi connectivity index (χ2v) is 4.43. The molecular weight excluding hydrogens is 214 g/mol. The van der Waals surface area contributed by atoms with E-state index in [2.05, 4.69) is 37.4 Å². The van der Waals surface area contributed by atoms with E-state index in [1.807, 2.05) is 0 Å². The van der Waals surface area contributed by atoms with Gasteiger partial charge in [-0.2, -0.15) is 0 Å². The van der Waals surface area contributed by atoms with Gasteiger partial charge in [0, 0.05) is 6.42 Å². The van der Waals surface area contributed by atoms with Crippen LogP contribution in [0, 0.1) is 13.8 Å². The molecule has 0 bridgehead atoms. The number of nitrogens with one attached hydrogen (secondary N) is 1. The van der Waals surface area contributed by atoms with Crippen LogP contribution in [0.3, 0.4) is 0 Å². The Kier molecular flexibility index (Phi) is 5.70. The average molecular weight is 235 g/mol. The van der Waals surface area contributed by atoms with E-state index < -0.39 is 5.97 Å². The van der Waals surface area contributed by atoms with Crippen molar-refractivity contribution in [3.05, 3.63) is 34.9 Å². The molecule has 0 atom stereocenters. The fraction of sp³-hybridized carbons (Fsp3) is 0.500. The number of hydrogen-bond donors (Lipinski definition) is 2. The number of carboxylic acids is 1. The molecule has 0 radical (unpaired) electrons. The van der Waals surface area contributed by atoms with Gasteiger partial charge in [0.2, 0.25) is 0 Å². The second kappa shape index (κ2) is 7.07. The Morgan fingerprint density at radius 2 is 2.06 bits per heavy atom. The summed E-state index contributed by atoms with van der Waals surface area (Å²) in [6.07, 6.45) is 1.94. The zero-order chi connectivity index (χ0) is 12.7. The number of aryl methyl sites for hydroxylation is 2. The van der Waals surface area contributed by atoms with Gasteiger partial charge in [0.25, 0.3) is 0 Å². The van der Waals surface area contributed by atoms with Gasteiger partial charge in [-0.15, -0.1) is 0 Å². The van der Waals surface area contributed by atoms with Gasteiger partial charge in [0.1, 0.15) is 0 Å². The maximum atomic E-state index is 10.3. The zero-order valence-electron chi connectivity index (χ0n) is 10.6. The highest BCUT2D eigenvalue weighted by molar-refractivity contribution is 5.66. The molecule has 0 spiro atoms. The molecule has 0 aromatic heterocycles. The Morgan fingerprint density at radius 3 is 2.76 bits per heavy atom. The molecule has 0 aliphatic heterocycles. The van der Waals surface area contributed by atoms with E-state index in [1.165, 1.54) is 16.7 Å². The first-order chi connectivity index (χ1) is 8.09. The van der Waals surface area contributed by atoms with Crippen molar-refractivity contribution in [3.63, 3.8) is 0 Å². The summed E-state index contributed by atoms with van der Waals surface area (Å²) in [7, 11) is 0. The third-order valence-electron chi connectivity index (χ3n) is 2.82. The first-order valence-corrected chi connectivity index (χ1v) is 6.08. The molecule has 3 nitrogen and oxygen atoms in total. The Morgan fingerprint density at radius 1 is 1.29 bits per heavy atom. The molecular formula is C14H21NO2. The zero-order valence-corrected chi connectivity index (χ0v) is 10.6. The fourth-order valence-corrected chi connectivity index (χ4v) is 1.78. The highest BCUT2D eigenvalue weighted by Gasteiger charge is 1.99. The highest BCUT2D eigenvalue weighted by atomic mass is 16.4.